The molecule has 106 valence electrons. The van der Waals surface area contributed by atoms with E-state index in [0.717, 1.165) is 5.56 Å². The Balaban J connectivity index is 0.000000555. The van der Waals surface area contributed by atoms with Crippen molar-refractivity contribution in [2.45, 2.75) is 19.8 Å². The topological polar surface area (TPSA) is 60.9 Å². The highest BCUT2D eigenvalue weighted by Crippen LogP contribution is 2.02. The predicted octanol–water partition coefficient (Wildman–Crippen LogP) is 1.65. The van der Waals surface area contributed by atoms with E-state index >= 15 is 0 Å². The molecule has 5 heteroatoms. The molecular formula is C14H22N2O3. The average molecular weight is 266 g/mol. The van der Waals surface area contributed by atoms with E-state index in [0.29, 0.717) is 6.42 Å². The van der Waals surface area contributed by atoms with Crippen LogP contribution in [0.15, 0.2) is 30.3 Å². The van der Waals surface area contributed by atoms with Gasteiger partial charge in [0.15, 0.2) is 0 Å². The fourth-order valence-corrected chi connectivity index (χ4v) is 1.11. The minimum atomic E-state index is -0.745. The Morgan fingerprint density at radius 2 is 1.58 bits per heavy atom. The normalized spacial score (nSPS) is 9.53. The molecule has 0 aromatic heterocycles. The number of carbonyl (C=O) groups excluding carboxylic acids is 1. The van der Waals surface area contributed by atoms with Crippen LogP contribution in [-0.2, 0) is 16.0 Å². The molecule has 0 atom stereocenters. The molecule has 0 unspecified atom stereocenters. The average Bonchev–Trinajstić information content (AvgIpc) is 2.39. The maximum Gasteiger partial charge on any atom is 0.303 e. The summed E-state index contributed by atoms with van der Waals surface area (Å²) in [6.45, 7) is 1.60. The van der Waals surface area contributed by atoms with E-state index < -0.39 is 5.97 Å². The molecule has 0 aliphatic carbocycles. The lowest BCUT2D eigenvalue weighted by Gasteiger charge is -2.24. The molecule has 0 saturated heterocycles. The smallest absolute Gasteiger partial charge is 0.303 e. The third-order valence-corrected chi connectivity index (χ3v) is 2.46. The van der Waals surface area contributed by atoms with E-state index in [-0.39, 0.29) is 12.3 Å². The van der Waals surface area contributed by atoms with Crippen LogP contribution in [0.3, 0.4) is 0 Å². The van der Waals surface area contributed by atoms with Crippen LogP contribution in [0.1, 0.15) is 18.9 Å². The Morgan fingerprint density at radius 1 is 1.11 bits per heavy atom. The molecule has 0 saturated carbocycles. The first kappa shape index (κ1) is 17.1. The van der Waals surface area contributed by atoms with Gasteiger partial charge in [0, 0.05) is 27.6 Å². The van der Waals surface area contributed by atoms with E-state index in [2.05, 4.69) is 0 Å². The highest BCUT2D eigenvalue weighted by atomic mass is 16.4. The predicted molar refractivity (Wildman–Crippen MR) is 74.5 cm³/mol. The maximum absolute atomic E-state index is 11.6. The summed E-state index contributed by atoms with van der Waals surface area (Å²) in [6, 6.07) is 9.75. The Morgan fingerprint density at radius 3 is 1.95 bits per heavy atom. The summed E-state index contributed by atoms with van der Waals surface area (Å²) in [7, 11) is 5.47. The molecule has 0 heterocycles. The van der Waals surface area contributed by atoms with Crippen molar-refractivity contribution in [2.24, 2.45) is 0 Å². The van der Waals surface area contributed by atoms with Gasteiger partial charge in [-0.05, 0) is 5.56 Å². The number of carboxylic acid groups (broad SMARTS) is 1. The van der Waals surface area contributed by atoms with Crippen molar-refractivity contribution in [1.29, 1.82) is 0 Å². The summed E-state index contributed by atoms with van der Waals surface area (Å²) >= 11 is 0. The van der Waals surface area contributed by atoms with Gasteiger partial charge in [-0.25, -0.2) is 5.01 Å². The first-order valence-electron chi connectivity index (χ1n) is 6.08. The highest BCUT2D eigenvalue weighted by molar-refractivity contribution is 5.77. The number of rotatable bonds is 4. The zero-order valence-corrected chi connectivity index (χ0v) is 12.0. The minimum Gasteiger partial charge on any atom is -0.481 e. The van der Waals surface area contributed by atoms with E-state index in [1.807, 2.05) is 44.4 Å². The van der Waals surface area contributed by atoms with Gasteiger partial charge < -0.3 is 5.11 Å². The van der Waals surface area contributed by atoms with Crippen molar-refractivity contribution >= 4 is 11.9 Å². The number of hydrazine groups is 1. The van der Waals surface area contributed by atoms with Crippen LogP contribution in [0.2, 0.25) is 0 Å². The van der Waals surface area contributed by atoms with E-state index in [4.69, 9.17) is 5.11 Å². The monoisotopic (exact) mass is 266 g/mol. The number of hydrogen-bond acceptors (Lipinski definition) is 3. The molecule has 5 nitrogen and oxygen atoms in total. The van der Waals surface area contributed by atoms with Gasteiger partial charge in [-0.2, -0.15) is 0 Å². The van der Waals surface area contributed by atoms with Crippen LogP contribution in [0.25, 0.3) is 0 Å². The molecule has 0 radical (unpaired) electrons. The lowest BCUT2D eigenvalue weighted by Crippen LogP contribution is -2.39. The van der Waals surface area contributed by atoms with Gasteiger partial charge in [-0.15, -0.1) is 0 Å². The van der Waals surface area contributed by atoms with Crippen LogP contribution in [0.4, 0.5) is 0 Å². The fourth-order valence-electron chi connectivity index (χ4n) is 1.11. The SMILES string of the molecule is CCC(=O)O.CN(C)N(C)C(=O)Cc1ccccc1. The van der Waals surface area contributed by atoms with Crippen molar-refractivity contribution in [3.8, 4) is 0 Å². The van der Waals surface area contributed by atoms with Crippen molar-refractivity contribution in [1.82, 2.24) is 10.0 Å². The fraction of sp³-hybridized carbons (Fsp3) is 0.429. The molecule has 0 aliphatic heterocycles. The summed E-state index contributed by atoms with van der Waals surface area (Å²) in [6.07, 6.45) is 0.676. The van der Waals surface area contributed by atoms with Gasteiger partial charge in [0.05, 0.1) is 6.42 Å². The van der Waals surface area contributed by atoms with Crippen molar-refractivity contribution in [3.05, 3.63) is 35.9 Å². The molecule has 19 heavy (non-hydrogen) atoms. The Bertz CT molecular complexity index is 391. The quantitative estimate of drug-likeness (QED) is 0.842. The molecule has 1 amide bonds. The highest BCUT2D eigenvalue weighted by Gasteiger charge is 2.10. The van der Waals surface area contributed by atoms with Crippen LogP contribution in [0.5, 0.6) is 0 Å². The Labute approximate surface area is 114 Å². The number of carbonyl (C=O) groups is 2. The summed E-state index contributed by atoms with van der Waals surface area (Å²) < 4.78 is 0. The summed E-state index contributed by atoms with van der Waals surface area (Å²) in [4.78, 5) is 21.0. The third-order valence-electron chi connectivity index (χ3n) is 2.46. The Hall–Kier alpha value is -1.88. The van der Waals surface area contributed by atoms with Gasteiger partial charge >= 0.3 is 5.97 Å². The van der Waals surface area contributed by atoms with E-state index in [1.165, 1.54) is 0 Å². The van der Waals surface area contributed by atoms with Gasteiger partial charge in [0.2, 0.25) is 5.91 Å². The molecule has 0 aliphatic rings. The van der Waals surface area contributed by atoms with Crippen LogP contribution in [-0.4, -0.2) is 48.1 Å². The van der Waals surface area contributed by atoms with E-state index in [9.17, 15) is 9.59 Å². The van der Waals surface area contributed by atoms with Gasteiger partial charge in [-0.1, -0.05) is 37.3 Å². The number of hydrogen-bond donors (Lipinski definition) is 1. The molecule has 1 rings (SSSR count). The number of amides is 1. The zero-order valence-electron chi connectivity index (χ0n) is 12.0. The third kappa shape index (κ3) is 7.94. The van der Waals surface area contributed by atoms with Crippen LogP contribution in [0, 0.1) is 0 Å². The number of aliphatic carboxylic acids is 1. The number of nitrogens with zero attached hydrogens (tertiary/aromatic N) is 2. The number of carboxylic acids is 1. The second kappa shape index (κ2) is 9.10. The first-order valence-corrected chi connectivity index (χ1v) is 6.08. The summed E-state index contributed by atoms with van der Waals surface area (Å²) in [5.74, 6) is -0.647. The largest absolute Gasteiger partial charge is 0.481 e. The van der Waals surface area contributed by atoms with Gasteiger partial charge in [-0.3, -0.25) is 14.6 Å². The molecule has 1 N–H and O–H groups in total. The number of likely N-dealkylation sites (N-methyl/N-ethyl adjacent to an activating group) is 1. The summed E-state index contributed by atoms with van der Waals surface area (Å²) in [5, 5.41) is 11.1. The van der Waals surface area contributed by atoms with Gasteiger partial charge in [0.25, 0.3) is 0 Å². The molecule has 0 fully saturated rings. The maximum atomic E-state index is 11.6. The second-order valence-electron chi connectivity index (χ2n) is 4.17. The molecule has 0 spiro atoms. The van der Waals surface area contributed by atoms with Crippen LogP contribution < -0.4 is 0 Å². The summed E-state index contributed by atoms with van der Waals surface area (Å²) in [5.41, 5.74) is 1.05. The number of benzene rings is 1. The molecule has 0 bridgehead atoms. The Kier molecular flexibility index (Phi) is 8.20. The van der Waals surface area contributed by atoms with Gasteiger partial charge in [0.1, 0.15) is 0 Å². The molecular weight excluding hydrogens is 244 g/mol. The lowest BCUT2D eigenvalue weighted by atomic mass is 10.1. The standard InChI is InChI=1S/C11H16N2O.C3H6O2/c1-12(2)13(3)11(14)9-10-7-5-4-6-8-10;1-2-3(4)5/h4-8H,9H2,1-3H3;2H2,1H3,(H,4,5). The first-order chi connectivity index (χ1) is 8.88. The minimum absolute atomic E-state index is 0.0983. The van der Waals surface area contributed by atoms with Crippen molar-refractivity contribution < 1.29 is 14.7 Å². The lowest BCUT2D eigenvalue weighted by molar-refractivity contribution is -0.141. The second-order valence-corrected chi connectivity index (χ2v) is 4.17. The van der Waals surface area contributed by atoms with Crippen molar-refractivity contribution in [3.63, 3.8) is 0 Å². The molecule has 1 aromatic carbocycles. The van der Waals surface area contributed by atoms with Crippen molar-refractivity contribution in [2.75, 3.05) is 21.1 Å². The van der Waals surface area contributed by atoms with Crippen LogP contribution >= 0.6 is 0 Å². The molecule has 1 aromatic rings. The zero-order chi connectivity index (χ0) is 14.8. The van der Waals surface area contributed by atoms with E-state index in [1.54, 1.807) is 24.0 Å².